The first-order valence-electron chi connectivity index (χ1n) is 6.14. The van der Waals surface area contributed by atoms with Crippen molar-refractivity contribution in [2.24, 2.45) is 0 Å². The fourth-order valence-electron chi connectivity index (χ4n) is 1.66. The fourth-order valence-corrected chi connectivity index (χ4v) is 1.66. The van der Waals surface area contributed by atoms with Crippen LogP contribution < -0.4 is 10.6 Å². The second-order valence-electron chi connectivity index (χ2n) is 4.29. The van der Waals surface area contributed by atoms with Crippen molar-refractivity contribution >= 4 is 23.2 Å². The lowest BCUT2D eigenvalue weighted by molar-refractivity contribution is -0.123. The van der Waals surface area contributed by atoms with Gasteiger partial charge in [0, 0.05) is 11.4 Å². The maximum atomic E-state index is 12.9. The number of nitrogens with one attached hydrogen (secondary N) is 2. The van der Waals surface area contributed by atoms with E-state index in [0.29, 0.717) is 5.69 Å². The number of carbonyl (C=O) groups is 2. The zero-order chi connectivity index (χ0) is 15.2. The van der Waals surface area contributed by atoms with Gasteiger partial charge in [0.2, 0.25) is 11.8 Å². The quantitative estimate of drug-likeness (QED) is 0.851. The second-order valence-corrected chi connectivity index (χ2v) is 4.29. The number of anilines is 2. The van der Waals surface area contributed by atoms with Crippen molar-refractivity contribution in [1.29, 1.82) is 0 Å². The Hall–Kier alpha value is -2.76. The van der Waals surface area contributed by atoms with Crippen LogP contribution >= 0.6 is 0 Å². The van der Waals surface area contributed by atoms with Crippen LogP contribution in [0.5, 0.6) is 0 Å². The van der Waals surface area contributed by atoms with Gasteiger partial charge in [-0.15, -0.1) is 0 Å². The molecule has 0 aliphatic heterocycles. The van der Waals surface area contributed by atoms with Gasteiger partial charge in [0.25, 0.3) is 0 Å². The highest BCUT2D eigenvalue weighted by Crippen LogP contribution is 2.11. The van der Waals surface area contributed by atoms with Gasteiger partial charge in [0.05, 0.1) is 0 Å². The molecule has 0 atom stereocenters. The standard InChI is InChI=1S/C15H12F2N2O2/c16-10-4-6-12(7-5-10)18-14(20)9-15(21)19-13-3-1-2-11(17)8-13/h1-8H,9H2,(H,18,20)(H,19,21). The average molecular weight is 290 g/mol. The van der Waals surface area contributed by atoms with Crippen molar-refractivity contribution in [2.75, 3.05) is 10.6 Å². The van der Waals surface area contributed by atoms with Gasteiger partial charge < -0.3 is 10.6 Å². The zero-order valence-corrected chi connectivity index (χ0v) is 10.9. The molecule has 2 aromatic carbocycles. The number of rotatable bonds is 4. The number of carbonyl (C=O) groups excluding carboxylic acids is 2. The maximum Gasteiger partial charge on any atom is 0.233 e. The highest BCUT2D eigenvalue weighted by atomic mass is 19.1. The highest BCUT2D eigenvalue weighted by molar-refractivity contribution is 6.08. The van der Waals surface area contributed by atoms with Crippen LogP contribution in [0.2, 0.25) is 0 Å². The van der Waals surface area contributed by atoms with Crippen molar-refractivity contribution in [1.82, 2.24) is 0 Å². The lowest BCUT2D eigenvalue weighted by Gasteiger charge is -2.06. The average Bonchev–Trinajstić information content (AvgIpc) is 2.41. The first-order valence-corrected chi connectivity index (χ1v) is 6.14. The zero-order valence-electron chi connectivity index (χ0n) is 10.9. The molecular weight excluding hydrogens is 278 g/mol. The van der Waals surface area contributed by atoms with Crippen LogP contribution in [0.1, 0.15) is 6.42 Å². The van der Waals surface area contributed by atoms with Crippen molar-refractivity contribution in [3.05, 3.63) is 60.2 Å². The molecule has 0 spiro atoms. The molecule has 21 heavy (non-hydrogen) atoms. The van der Waals surface area contributed by atoms with E-state index in [2.05, 4.69) is 10.6 Å². The van der Waals surface area contributed by atoms with E-state index in [1.165, 1.54) is 42.5 Å². The molecule has 0 bridgehead atoms. The van der Waals surface area contributed by atoms with Gasteiger partial charge >= 0.3 is 0 Å². The molecule has 2 rings (SSSR count). The van der Waals surface area contributed by atoms with Crippen molar-refractivity contribution in [2.45, 2.75) is 6.42 Å². The van der Waals surface area contributed by atoms with Gasteiger partial charge in [-0.1, -0.05) is 6.07 Å². The third kappa shape index (κ3) is 4.68. The summed E-state index contributed by atoms with van der Waals surface area (Å²) in [6.45, 7) is 0. The predicted octanol–water partition coefficient (Wildman–Crippen LogP) is 2.93. The summed E-state index contributed by atoms with van der Waals surface area (Å²) in [7, 11) is 0. The van der Waals surface area contributed by atoms with E-state index in [4.69, 9.17) is 0 Å². The van der Waals surface area contributed by atoms with Crippen LogP contribution in [0.25, 0.3) is 0 Å². The van der Waals surface area contributed by atoms with Gasteiger partial charge in [-0.2, -0.15) is 0 Å². The first-order chi connectivity index (χ1) is 10.0. The summed E-state index contributed by atoms with van der Waals surface area (Å²) in [5, 5.41) is 4.87. The van der Waals surface area contributed by atoms with E-state index in [1.807, 2.05) is 0 Å². The number of amides is 2. The van der Waals surface area contributed by atoms with E-state index in [1.54, 1.807) is 0 Å². The van der Waals surface area contributed by atoms with E-state index in [-0.39, 0.29) is 5.69 Å². The summed E-state index contributed by atoms with van der Waals surface area (Å²) < 4.78 is 25.6. The molecule has 2 N–H and O–H groups in total. The SMILES string of the molecule is O=C(CC(=O)Nc1cccc(F)c1)Nc1ccc(F)cc1. The molecule has 0 unspecified atom stereocenters. The topological polar surface area (TPSA) is 58.2 Å². The van der Waals surface area contributed by atoms with Gasteiger partial charge in [0.1, 0.15) is 18.1 Å². The van der Waals surface area contributed by atoms with Gasteiger partial charge in [-0.05, 0) is 42.5 Å². The van der Waals surface area contributed by atoms with Crippen molar-refractivity contribution in [3.8, 4) is 0 Å². The molecule has 0 aromatic heterocycles. The molecule has 0 saturated carbocycles. The van der Waals surface area contributed by atoms with Crippen LogP contribution in [0.15, 0.2) is 48.5 Å². The Morgan fingerprint density at radius 1 is 0.810 bits per heavy atom. The highest BCUT2D eigenvalue weighted by Gasteiger charge is 2.10. The van der Waals surface area contributed by atoms with Crippen LogP contribution in [0, 0.1) is 11.6 Å². The van der Waals surface area contributed by atoms with Crippen LogP contribution in [-0.2, 0) is 9.59 Å². The Balaban J connectivity index is 1.87. The monoisotopic (exact) mass is 290 g/mol. The summed E-state index contributed by atoms with van der Waals surface area (Å²) >= 11 is 0. The summed E-state index contributed by atoms with van der Waals surface area (Å²) in [6, 6.07) is 10.5. The minimum atomic E-state index is -0.569. The Morgan fingerprint density at radius 2 is 1.43 bits per heavy atom. The van der Waals surface area contributed by atoms with E-state index < -0.39 is 29.9 Å². The molecule has 0 saturated heterocycles. The molecule has 0 fully saturated rings. The smallest absolute Gasteiger partial charge is 0.233 e. The van der Waals surface area contributed by atoms with Gasteiger partial charge in [-0.25, -0.2) is 8.78 Å². The lowest BCUT2D eigenvalue weighted by Crippen LogP contribution is -2.21. The molecule has 0 aliphatic rings. The third-order valence-electron chi connectivity index (χ3n) is 2.56. The van der Waals surface area contributed by atoms with Crippen molar-refractivity contribution in [3.63, 3.8) is 0 Å². The molecule has 6 heteroatoms. The number of benzene rings is 2. The Bertz CT molecular complexity index is 657. The molecule has 4 nitrogen and oxygen atoms in total. The van der Waals surface area contributed by atoms with Gasteiger partial charge in [0.15, 0.2) is 0 Å². The summed E-state index contributed by atoms with van der Waals surface area (Å²) in [6.07, 6.45) is -0.423. The largest absolute Gasteiger partial charge is 0.326 e. The normalized spacial score (nSPS) is 10.0. The minimum Gasteiger partial charge on any atom is -0.326 e. The Morgan fingerprint density at radius 3 is 2.05 bits per heavy atom. The third-order valence-corrected chi connectivity index (χ3v) is 2.56. The first kappa shape index (κ1) is 14.6. The maximum absolute atomic E-state index is 12.9. The molecule has 0 radical (unpaired) electrons. The minimum absolute atomic E-state index is 0.273. The van der Waals surface area contributed by atoms with E-state index in [0.717, 1.165) is 6.07 Å². The molecule has 0 heterocycles. The Kier molecular flexibility index (Phi) is 4.61. The molecule has 2 amide bonds. The molecular formula is C15H12F2N2O2. The van der Waals surface area contributed by atoms with Crippen LogP contribution in [0.3, 0.4) is 0 Å². The summed E-state index contributed by atoms with van der Waals surface area (Å²) in [5.41, 5.74) is 0.662. The lowest BCUT2D eigenvalue weighted by atomic mass is 10.2. The van der Waals surface area contributed by atoms with E-state index in [9.17, 15) is 18.4 Å². The second kappa shape index (κ2) is 6.60. The molecule has 108 valence electrons. The van der Waals surface area contributed by atoms with Crippen molar-refractivity contribution < 1.29 is 18.4 Å². The van der Waals surface area contributed by atoms with E-state index >= 15 is 0 Å². The fraction of sp³-hybridized carbons (Fsp3) is 0.0667. The number of hydrogen-bond acceptors (Lipinski definition) is 2. The summed E-state index contributed by atoms with van der Waals surface area (Å²) in [5.74, 6) is -2.02. The van der Waals surface area contributed by atoms with Gasteiger partial charge in [-0.3, -0.25) is 9.59 Å². The van der Waals surface area contributed by atoms with Crippen LogP contribution in [-0.4, -0.2) is 11.8 Å². The van der Waals surface area contributed by atoms with Crippen LogP contribution in [0.4, 0.5) is 20.2 Å². The predicted molar refractivity (Wildman–Crippen MR) is 74.7 cm³/mol. The number of halogens is 2. The Labute approximate surface area is 119 Å². The molecule has 2 aromatic rings. The summed E-state index contributed by atoms with van der Waals surface area (Å²) in [4.78, 5) is 23.2. The molecule has 0 aliphatic carbocycles. The number of hydrogen-bond donors (Lipinski definition) is 2.